The van der Waals surface area contributed by atoms with Gasteiger partial charge in [-0.25, -0.2) is 13.2 Å². The molecule has 2 fully saturated rings. The first-order valence-electron chi connectivity index (χ1n) is 11.4. The smallest absolute Gasteiger partial charge is 0.338 e. The third-order valence-electron chi connectivity index (χ3n) is 5.88. The molecule has 32 heavy (non-hydrogen) atoms. The summed E-state index contributed by atoms with van der Waals surface area (Å²) in [7, 11) is -3.13. The second kappa shape index (κ2) is 11.0. The zero-order valence-electron chi connectivity index (χ0n) is 18.9. The monoisotopic (exact) mass is 467 g/mol. The molecule has 0 spiro atoms. The Balaban J connectivity index is 1.66. The van der Waals surface area contributed by atoms with Gasteiger partial charge in [-0.1, -0.05) is 19.8 Å². The molecule has 1 atom stereocenters. The van der Waals surface area contributed by atoms with Gasteiger partial charge >= 0.3 is 5.97 Å². The van der Waals surface area contributed by atoms with Crippen LogP contribution in [0.15, 0.2) is 18.2 Å². The molecule has 1 aliphatic heterocycles. The molecule has 0 aromatic heterocycles. The lowest BCUT2D eigenvalue weighted by atomic mass is 10.1. The van der Waals surface area contributed by atoms with Crippen molar-refractivity contribution in [2.24, 2.45) is 0 Å². The summed E-state index contributed by atoms with van der Waals surface area (Å²) in [5.74, 6) is 0.120. The Morgan fingerprint density at radius 1 is 1.03 bits per heavy atom. The molecular formula is C23H33NO7S. The second-order valence-corrected chi connectivity index (χ2v) is 10.5. The Morgan fingerprint density at radius 3 is 2.41 bits per heavy atom. The van der Waals surface area contributed by atoms with Crippen molar-refractivity contribution in [2.75, 3.05) is 31.3 Å². The molecule has 0 bridgehead atoms. The van der Waals surface area contributed by atoms with E-state index in [9.17, 15) is 18.0 Å². The number of esters is 1. The van der Waals surface area contributed by atoms with Gasteiger partial charge in [0.15, 0.2) is 27.9 Å². The third-order valence-corrected chi connectivity index (χ3v) is 7.63. The maximum Gasteiger partial charge on any atom is 0.338 e. The molecule has 9 heteroatoms. The molecular weight excluding hydrogens is 434 g/mol. The lowest BCUT2D eigenvalue weighted by Gasteiger charge is -2.33. The maximum atomic E-state index is 13.0. The van der Waals surface area contributed by atoms with Gasteiger partial charge in [-0.3, -0.25) is 4.79 Å². The van der Waals surface area contributed by atoms with Gasteiger partial charge in [0.25, 0.3) is 5.91 Å². The summed E-state index contributed by atoms with van der Waals surface area (Å²) in [5, 5.41) is 0. The van der Waals surface area contributed by atoms with E-state index in [0.717, 1.165) is 32.1 Å². The highest BCUT2D eigenvalue weighted by Gasteiger charge is 2.39. The fraction of sp³-hybridized carbons (Fsp3) is 0.652. The number of ether oxygens (including phenoxy) is 3. The van der Waals surface area contributed by atoms with Crippen molar-refractivity contribution in [3.05, 3.63) is 23.8 Å². The maximum absolute atomic E-state index is 13.0. The topological polar surface area (TPSA) is 99.2 Å². The van der Waals surface area contributed by atoms with E-state index in [0.29, 0.717) is 31.1 Å². The van der Waals surface area contributed by atoms with Gasteiger partial charge in [0, 0.05) is 12.1 Å². The van der Waals surface area contributed by atoms with Crippen LogP contribution in [0.5, 0.6) is 11.5 Å². The predicted octanol–water partition coefficient (Wildman–Crippen LogP) is 2.99. The van der Waals surface area contributed by atoms with E-state index < -0.39 is 22.4 Å². The number of nitrogens with zero attached hydrogens (tertiary/aromatic N) is 1. The molecule has 1 heterocycles. The lowest BCUT2D eigenvalue weighted by Crippen LogP contribution is -2.48. The predicted molar refractivity (Wildman–Crippen MR) is 120 cm³/mol. The zero-order valence-corrected chi connectivity index (χ0v) is 19.7. The summed E-state index contributed by atoms with van der Waals surface area (Å²) in [6, 6.07) is 4.47. The summed E-state index contributed by atoms with van der Waals surface area (Å²) < 4.78 is 40.5. The highest BCUT2D eigenvalue weighted by Crippen LogP contribution is 2.30. The van der Waals surface area contributed by atoms with Gasteiger partial charge in [0.05, 0.1) is 30.3 Å². The van der Waals surface area contributed by atoms with Gasteiger partial charge in [-0.15, -0.1) is 0 Å². The van der Waals surface area contributed by atoms with Crippen LogP contribution in [0.4, 0.5) is 0 Å². The normalized spacial score (nSPS) is 20.1. The number of sulfone groups is 1. The molecule has 1 aromatic rings. The number of carbonyl (C=O) groups is 2. The van der Waals surface area contributed by atoms with Gasteiger partial charge in [0.1, 0.15) is 0 Å². The Kier molecular flexibility index (Phi) is 8.39. The Labute approximate surface area is 190 Å². The average Bonchev–Trinajstić information content (AvgIpc) is 3.41. The SMILES string of the molecule is CCCOc1ccc(C(=O)OCC(=O)N(C2CCCC2)C2CCS(=O)(=O)C2)cc1OCC. The quantitative estimate of drug-likeness (QED) is 0.488. The molecule has 2 aliphatic rings. The van der Waals surface area contributed by atoms with E-state index in [1.165, 1.54) is 0 Å². The number of carbonyl (C=O) groups excluding carboxylic acids is 2. The van der Waals surface area contributed by atoms with Gasteiger partial charge < -0.3 is 19.1 Å². The number of benzene rings is 1. The van der Waals surface area contributed by atoms with E-state index in [-0.39, 0.29) is 35.1 Å². The van der Waals surface area contributed by atoms with Crippen LogP contribution in [0, 0.1) is 0 Å². The molecule has 0 radical (unpaired) electrons. The van der Waals surface area contributed by atoms with Crippen molar-refractivity contribution in [3.8, 4) is 11.5 Å². The largest absolute Gasteiger partial charge is 0.490 e. The minimum Gasteiger partial charge on any atom is -0.490 e. The van der Waals surface area contributed by atoms with E-state index in [1.54, 1.807) is 23.1 Å². The van der Waals surface area contributed by atoms with Crippen LogP contribution in [-0.4, -0.2) is 68.6 Å². The number of rotatable bonds is 10. The zero-order chi connectivity index (χ0) is 23.1. The van der Waals surface area contributed by atoms with Crippen molar-refractivity contribution in [1.82, 2.24) is 4.90 Å². The molecule has 0 N–H and O–H groups in total. The first kappa shape index (κ1) is 24.4. The first-order chi connectivity index (χ1) is 15.3. The standard InChI is InChI=1S/C23H33NO7S/c1-3-12-30-20-10-9-17(14-21(20)29-4-2)23(26)31-15-22(25)24(18-7-5-6-8-18)19-11-13-32(27,28)16-19/h9-10,14,18-19H,3-8,11-13,15-16H2,1-2H3. The molecule has 3 rings (SSSR count). The number of hydrogen-bond donors (Lipinski definition) is 0. The van der Waals surface area contributed by atoms with Crippen molar-refractivity contribution in [1.29, 1.82) is 0 Å². The van der Waals surface area contributed by atoms with Gasteiger partial charge in [0.2, 0.25) is 0 Å². The van der Waals surface area contributed by atoms with E-state index in [4.69, 9.17) is 14.2 Å². The average molecular weight is 468 g/mol. The highest BCUT2D eigenvalue weighted by atomic mass is 32.2. The molecule has 1 saturated heterocycles. The van der Waals surface area contributed by atoms with Crippen molar-refractivity contribution in [2.45, 2.75) is 64.5 Å². The Hall–Kier alpha value is -2.29. The van der Waals surface area contributed by atoms with Gasteiger partial charge in [-0.05, 0) is 50.8 Å². The van der Waals surface area contributed by atoms with E-state index >= 15 is 0 Å². The van der Waals surface area contributed by atoms with Crippen LogP contribution in [0.1, 0.15) is 62.7 Å². The van der Waals surface area contributed by atoms with Crippen LogP contribution < -0.4 is 9.47 Å². The highest BCUT2D eigenvalue weighted by molar-refractivity contribution is 7.91. The molecule has 1 aromatic carbocycles. The van der Waals surface area contributed by atoms with Gasteiger partial charge in [-0.2, -0.15) is 0 Å². The minimum absolute atomic E-state index is 0.0130. The van der Waals surface area contributed by atoms with Crippen LogP contribution in [0.25, 0.3) is 0 Å². The molecule has 8 nitrogen and oxygen atoms in total. The summed E-state index contributed by atoms with van der Waals surface area (Å²) in [5.41, 5.74) is 0.265. The van der Waals surface area contributed by atoms with Crippen LogP contribution in [-0.2, 0) is 19.4 Å². The third kappa shape index (κ3) is 6.15. The number of amides is 1. The molecule has 1 amide bonds. The fourth-order valence-electron chi connectivity index (χ4n) is 4.40. The van der Waals surface area contributed by atoms with Crippen LogP contribution in [0.2, 0.25) is 0 Å². The fourth-order valence-corrected chi connectivity index (χ4v) is 6.11. The van der Waals surface area contributed by atoms with Crippen molar-refractivity contribution in [3.63, 3.8) is 0 Å². The van der Waals surface area contributed by atoms with E-state index in [2.05, 4.69) is 0 Å². The minimum atomic E-state index is -3.13. The van der Waals surface area contributed by atoms with Crippen molar-refractivity contribution >= 4 is 21.7 Å². The Bertz CT molecular complexity index is 909. The number of hydrogen-bond acceptors (Lipinski definition) is 7. The summed E-state index contributed by atoms with van der Waals surface area (Å²) in [6.07, 6.45) is 5.02. The summed E-state index contributed by atoms with van der Waals surface area (Å²) >= 11 is 0. The molecule has 178 valence electrons. The van der Waals surface area contributed by atoms with E-state index in [1.807, 2.05) is 13.8 Å². The molecule has 1 unspecified atom stereocenters. The lowest BCUT2D eigenvalue weighted by molar-refractivity contribution is -0.139. The van der Waals surface area contributed by atoms with Crippen molar-refractivity contribution < 1.29 is 32.2 Å². The summed E-state index contributed by atoms with van der Waals surface area (Å²) in [6.45, 7) is 4.38. The second-order valence-electron chi connectivity index (χ2n) is 8.32. The molecule has 1 aliphatic carbocycles. The first-order valence-corrected chi connectivity index (χ1v) is 13.2. The Morgan fingerprint density at radius 2 is 1.78 bits per heavy atom. The summed E-state index contributed by atoms with van der Waals surface area (Å²) in [4.78, 5) is 27.3. The van der Waals surface area contributed by atoms with Crippen LogP contribution >= 0.6 is 0 Å². The van der Waals surface area contributed by atoms with Crippen LogP contribution in [0.3, 0.4) is 0 Å². The molecule has 1 saturated carbocycles.